The van der Waals surface area contributed by atoms with Crippen LogP contribution in [0, 0.1) is 9.49 Å². The zero-order chi connectivity index (χ0) is 15.0. The Kier molecular flexibility index (Phi) is 4.31. The van der Waals surface area contributed by atoms with Gasteiger partial charge in [0, 0.05) is 3.57 Å². The van der Waals surface area contributed by atoms with E-state index in [1.165, 1.54) is 9.80 Å². The highest BCUT2D eigenvalue weighted by molar-refractivity contribution is 14.1. The standard InChI is InChI=1S/C16H19IN2O2/c1-11-6-8-18(9-7-11)14-10-15(20)19(16(14)21)13-4-2-12(17)3-5-13/h2-5,11,14H,6-10H2,1H3/p+1/t14-/m0/s1. The molecule has 5 heteroatoms. The Bertz CT molecular complexity index is 550. The summed E-state index contributed by atoms with van der Waals surface area (Å²) in [6.07, 6.45) is 2.65. The van der Waals surface area contributed by atoms with Gasteiger partial charge in [-0.05, 0) is 65.6 Å². The lowest BCUT2D eigenvalue weighted by molar-refractivity contribution is -0.920. The molecular formula is C16H20IN2O2+. The smallest absolute Gasteiger partial charge is 0.292 e. The minimum atomic E-state index is -0.177. The van der Waals surface area contributed by atoms with Crippen molar-refractivity contribution < 1.29 is 14.5 Å². The molecule has 1 atom stereocenters. The Morgan fingerprint density at radius 1 is 1.14 bits per heavy atom. The molecule has 0 unspecified atom stereocenters. The zero-order valence-corrected chi connectivity index (χ0v) is 14.3. The minimum absolute atomic E-state index is 0.0224. The maximum atomic E-state index is 12.7. The second-order valence-corrected chi connectivity index (χ2v) is 7.39. The molecule has 1 aromatic carbocycles. The molecule has 0 spiro atoms. The van der Waals surface area contributed by atoms with E-state index in [2.05, 4.69) is 29.5 Å². The summed E-state index contributed by atoms with van der Waals surface area (Å²) in [6, 6.07) is 7.39. The van der Waals surface area contributed by atoms with E-state index in [0.29, 0.717) is 12.1 Å². The van der Waals surface area contributed by atoms with Gasteiger partial charge in [-0.3, -0.25) is 9.59 Å². The van der Waals surface area contributed by atoms with Gasteiger partial charge in [-0.15, -0.1) is 0 Å². The van der Waals surface area contributed by atoms with Gasteiger partial charge in [-0.1, -0.05) is 6.92 Å². The van der Waals surface area contributed by atoms with Gasteiger partial charge in [0.2, 0.25) is 5.91 Å². The summed E-state index contributed by atoms with van der Waals surface area (Å²) in [4.78, 5) is 27.6. The summed E-state index contributed by atoms with van der Waals surface area (Å²) in [5.41, 5.74) is 0.706. The number of hydrogen-bond acceptors (Lipinski definition) is 2. The molecule has 2 aliphatic heterocycles. The highest BCUT2D eigenvalue weighted by atomic mass is 127. The number of nitrogens with zero attached hydrogens (tertiary/aromatic N) is 1. The number of anilines is 1. The van der Waals surface area contributed by atoms with Crippen molar-refractivity contribution in [3.63, 3.8) is 0 Å². The van der Waals surface area contributed by atoms with Crippen LogP contribution in [0.1, 0.15) is 26.2 Å². The van der Waals surface area contributed by atoms with Gasteiger partial charge in [0.25, 0.3) is 5.91 Å². The number of likely N-dealkylation sites (tertiary alicyclic amines) is 1. The topological polar surface area (TPSA) is 41.8 Å². The number of quaternary nitrogens is 1. The molecule has 1 N–H and O–H groups in total. The molecule has 112 valence electrons. The van der Waals surface area contributed by atoms with Crippen LogP contribution in [-0.4, -0.2) is 30.9 Å². The van der Waals surface area contributed by atoms with Crippen LogP contribution in [0.3, 0.4) is 0 Å². The molecule has 0 saturated carbocycles. The average Bonchev–Trinajstić information content (AvgIpc) is 2.76. The van der Waals surface area contributed by atoms with Crippen molar-refractivity contribution in [1.82, 2.24) is 0 Å². The molecule has 21 heavy (non-hydrogen) atoms. The van der Waals surface area contributed by atoms with Gasteiger partial charge >= 0.3 is 0 Å². The summed E-state index contributed by atoms with van der Waals surface area (Å²) < 4.78 is 1.10. The van der Waals surface area contributed by atoms with Gasteiger partial charge in [0.05, 0.1) is 25.2 Å². The third-order valence-electron chi connectivity index (χ3n) is 4.64. The molecule has 1 aromatic rings. The zero-order valence-electron chi connectivity index (χ0n) is 12.1. The van der Waals surface area contributed by atoms with E-state index < -0.39 is 0 Å². The predicted octanol–water partition coefficient (Wildman–Crippen LogP) is 1.24. The monoisotopic (exact) mass is 399 g/mol. The van der Waals surface area contributed by atoms with Crippen LogP contribution in [0.2, 0.25) is 0 Å². The largest absolute Gasteiger partial charge is 0.324 e. The summed E-state index contributed by atoms with van der Waals surface area (Å²) in [5.74, 6) is 0.663. The number of halogens is 1. The second kappa shape index (κ2) is 6.04. The predicted molar refractivity (Wildman–Crippen MR) is 89.2 cm³/mol. The average molecular weight is 399 g/mol. The first kappa shape index (κ1) is 15.0. The van der Waals surface area contributed by atoms with Crippen LogP contribution in [0.25, 0.3) is 0 Å². The Morgan fingerprint density at radius 2 is 1.76 bits per heavy atom. The molecule has 2 heterocycles. The van der Waals surface area contributed by atoms with E-state index in [1.54, 1.807) is 0 Å². The third kappa shape index (κ3) is 2.99. The molecule has 0 radical (unpaired) electrons. The molecule has 4 nitrogen and oxygen atoms in total. The van der Waals surface area contributed by atoms with E-state index in [9.17, 15) is 9.59 Å². The molecule has 0 aliphatic carbocycles. The van der Waals surface area contributed by atoms with Crippen molar-refractivity contribution >= 4 is 40.1 Å². The number of imide groups is 1. The lowest BCUT2D eigenvalue weighted by Crippen LogP contribution is -3.17. The van der Waals surface area contributed by atoms with E-state index in [0.717, 1.165) is 35.4 Å². The van der Waals surface area contributed by atoms with Gasteiger partial charge in [0.15, 0.2) is 6.04 Å². The fourth-order valence-corrected chi connectivity index (χ4v) is 3.65. The number of carbonyl (C=O) groups excluding carboxylic acids is 2. The normalized spacial score (nSPS) is 30.0. The number of amides is 2. The van der Waals surface area contributed by atoms with Crippen molar-refractivity contribution in [2.45, 2.75) is 32.2 Å². The number of carbonyl (C=O) groups is 2. The van der Waals surface area contributed by atoms with E-state index >= 15 is 0 Å². The fourth-order valence-electron chi connectivity index (χ4n) is 3.29. The molecule has 2 amide bonds. The number of nitrogens with one attached hydrogen (secondary N) is 1. The fraction of sp³-hybridized carbons (Fsp3) is 0.500. The highest BCUT2D eigenvalue weighted by Crippen LogP contribution is 2.23. The molecule has 2 saturated heterocycles. The van der Waals surface area contributed by atoms with Crippen LogP contribution < -0.4 is 9.80 Å². The molecule has 0 bridgehead atoms. The van der Waals surface area contributed by atoms with Crippen LogP contribution in [0.15, 0.2) is 24.3 Å². The molecule has 0 aromatic heterocycles. The Hall–Kier alpha value is -0.950. The number of rotatable bonds is 2. The van der Waals surface area contributed by atoms with Crippen LogP contribution in [0.5, 0.6) is 0 Å². The van der Waals surface area contributed by atoms with Crippen LogP contribution >= 0.6 is 22.6 Å². The van der Waals surface area contributed by atoms with E-state index in [-0.39, 0.29) is 17.9 Å². The van der Waals surface area contributed by atoms with Crippen molar-refractivity contribution in [3.05, 3.63) is 27.8 Å². The Balaban J connectivity index is 1.77. The van der Waals surface area contributed by atoms with E-state index in [1.807, 2.05) is 24.3 Å². The van der Waals surface area contributed by atoms with Crippen LogP contribution in [0.4, 0.5) is 5.69 Å². The number of piperidine rings is 1. The van der Waals surface area contributed by atoms with Gasteiger partial charge in [-0.25, -0.2) is 4.90 Å². The lowest BCUT2D eigenvalue weighted by atomic mass is 9.97. The van der Waals surface area contributed by atoms with Crippen molar-refractivity contribution in [3.8, 4) is 0 Å². The molecule has 2 fully saturated rings. The summed E-state index contributed by atoms with van der Waals surface area (Å²) in [5, 5.41) is 0. The summed E-state index contributed by atoms with van der Waals surface area (Å²) >= 11 is 2.22. The van der Waals surface area contributed by atoms with Gasteiger partial charge in [0.1, 0.15) is 0 Å². The van der Waals surface area contributed by atoms with Gasteiger partial charge < -0.3 is 4.90 Å². The quantitative estimate of drug-likeness (QED) is 0.601. The maximum Gasteiger partial charge on any atom is 0.292 e. The lowest BCUT2D eigenvalue weighted by Gasteiger charge is -2.30. The van der Waals surface area contributed by atoms with Crippen molar-refractivity contribution in [2.24, 2.45) is 5.92 Å². The molecule has 3 rings (SSSR count). The van der Waals surface area contributed by atoms with Gasteiger partial charge in [-0.2, -0.15) is 0 Å². The first-order chi connectivity index (χ1) is 10.1. The maximum absolute atomic E-state index is 12.7. The number of hydrogen-bond donors (Lipinski definition) is 1. The minimum Gasteiger partial charge on any atom is -0.324 e. The molecule has 2 aliphatic rings. The van der Waals surface area contributed by atoms with E-state index in [4.69, 9.17) is 0 Å². The second-order valence-electron chi connectivity index (χ2n) is 6.14. The summed E-state index contributed by atoms with van der Waals surface area (Å²) in [7, 11) is 0. The first-order valence-corrected chi connectivity index (χ1v) is 8.61. The number of benzene rings is 1. The SMILES string of the molecule is CC1CC[NH+]([C@H]2CC(=O)N(c3ccc(I)cc3)C2=O)CC1. The van der Waals surface area contributed by atoms with Crippen molar-refractivity contribution in [2.75, 3.05) is 18.0 Å². The summed E-state index contributed by atoms with van der Waals surface area (Å²) in [6.45, 7) is 4.27. The molecular weight excluding hydrogens is 379 g/mol. The Labute approximate surface area is 138 Å². The Morgan fingerprint density at radius 3 is 2.38 bits per heavy atom. The third-order valence-corrected chi connectivity index (χ3v) is 5.36. The van der Waals surface area contributed by atoms with Crippen LogP contribution in [-0.2, 0) is 9.59 Å². The highest BCUT2D eigenvalue weighted by Gasteiger charge is 2.46. The first-order valence-electron chi connectivity index (χ1n) is 7.53. The van der Waals surface area contributed by atoms with Crippen molar-refractivity contribution in [1.29, 1.82) is 0 Å².